The van der Waals surface area contributed by atoms with Gasteiger partial charge in [0.2, 0.25) is 0 Å². The maximum atomic E-state index is 13.5. The summed E-state index contributed by atoms with van der Waals surface area (Å²) in [6, 6.07) is 11.0. The molecular formula is C21H20F2N2O3. The van der Waals surface area contributed by atoms with Gasteiger partial charge in [-0.3, -0.25) is 14.5 Å². The number of rotatable bonds is 6. The standard InChI is InChI=1S/C21H20F2N2O3/c1-3-28-19(26)12-13-25-14(2)24-21(20(25)27,15-4-8-17(22)9-5-15)16-6-10-18(23)11-7-16/h4-11H,3,12-13H2,1-2H3. The summed E-state index contributed by atoms with van der Waals surface area (Å²) < 4.78 is 31.8. The number of nitrogens with zero attached hydrogens (tertiary/aromatic N) is 2. The summed E-state index contributed by atoms with van der Waals surface area (Å²) in [6.45, 7) is 3.74. The number of carbonyl (C=O) groups excluding carboxylic acids is 2. The van der Waals surface area contributed by atoms with Gasteiger partial charge in [-0.1, -0.05) is 24.3 Å². The van der Waals surface area contributed by atoms with E-state index in [0.717, 1.165) is 0 Å². The van der Waals surface area contributed by atoms with Gasteiger partial charge >= 0.3 is 5.97 Å². The first-order valence-corrected chi connectivity index (χ1v) is 8.94. The van der Waals surface area contributed by atoms with Crippen molar-refractivity contribution < 1.29 is 23.1 Å². The smallest absolute Gasteiger partial charge is 0.307 e. The fourth-order valence-electron chi connectivity index (χ4n) is 3.32. The summed E-state index contributed by atoms with van der Waals surface area (Å²) in [6.07, 6.45) is 0.0232. The molecule has 2 aromatic rings. The Hall–Kier alpha value is -3.09. The highest BCUT2D eigenvalue weighted by molar-refractivity contribution is 6.09. The third-order valence-electron chi connectivity index (χ3n) is 4.64. The minimum Gasteiger partial charge on any atom is -0.466 e. The van der Waals surface area contributed by atoms with Gasteiger partial charge in [-0.15, -0.1) is 0 Å². The van der Waals surface area contributed by atoms with Crippen LogP contribution in [0.25, 0.3) is 0 Å². The minimum atomic E-state index is -1.46. The van der Waals surface area contributed by atoms with Crippen LogP contribution in [0.5, 0.6) is 0 Å². The maximum absolute atomic E-state index is 13.5. The molecule has 1 aliphatic rings. The SMILES string of the molecule is CCOC(=O)CCN1C(=O)C(c2ccc(F)cc2)(c2ccc(F)cc2)N=C1C. The Morgan fingerprint density at radius 2 is 1.54 bits per heavy atom. The Kier molecular flexibility index (Phi) is 5.53. The molecule has 1 aliphatic heterocycles. The van der Waals surface area contributed by atoms with Crippen LogP contribution < -0.4 is 0 Å². The summed E-state index contributed by atoms with van der Waals surface area (Å²) in [5.41, 5.74) is -0.535. The molecule has 3 rings (SSSR count). The molecule has 1 amide bonds. The first kappa shape index (κ1) is 19.7. The van der Waals surface area contributed by atoms with E-state index in [0.29, 0.717) is 17.0 Å². The lowest BCUT2D eigenvalue weighted by Crippen LogP contribution is -2.42. The van der Waals surface area contributed by atoms with Gasteiger partial charge in [-0.05, 0) is 49.2 Å². The zero-order valence-electron chi connectivity index (χ0n) is 15.6. The number of hydrogen-bond acceptors (Lipinski definition) is 4. The Bertz CT molecular complexity index is 863. The third kappa shape index (κ3) is 3.52. The third-order valence-corrected chi connectivity index (χ3v) is 4.64. The van der Waals surface area contributed by atoms with Crippen LogP contribution in [0, 0.1) is 11.6 Å². The number of hydrogen-bond donors (Lipinski definition) is 0. The first-order chi connectivity index (χ1) is 13.4. The fourth-order valence-corrected chi connectivity index (χ4v) is 3.32. The number of carbonyl (C=O) groups is 2. The molecule has 0 N–H and O–H groups in total. The summed E-state index contributed by atoms with van der Waals surface area (Å²) in [5, 5.41) is 0. The Morgan fingerprint density at radius 1 is 1.04 bits per heavy atom. The number of aliphatic imine (C=N–C) groups is 1. The van der Waals surface area contributed by atoms with E-state index in [4.69, 9.17) is 4.74 Å². The molecule has 28 heavy (non-hydrogen) atoms. The molecule has 0 fully saturated rings. The van der Waals surface area contributed by atoms with E-state index >= 15 is 0 Å². The second-order valence-electron chi connectivity index (χ2n) is 6.40. The summed E-state index contributed by atoms with van der Waals surface area (Å²) >= 11 is 0. The minimum absolute atomic E-state index is 0.0232. The first-order valence-electron chi connectivity index (χ1n) is 8.94. The largest absolute Gasteiger partial charge is 0.466 e. The van der Waals surface area contributed by atoms with Crippen LogP contribution in [0.4, 0.5) is 8.78 Å². The Balaban J connectivity index is 2.03. The van der Waals surface area contributed by atoms with E-state index in [9.17, 15) is 18.4 Å². The van der Waals surface area contributed by atoms with E-state index in [1.807, 2.05) is 0 Å². The molecule has 0 aliphatic carbocycles. The molecule has 2 aromatic carbocycles. The molecule has 0 saturated heterocycles. The van der Waals surface area contributed by atoms with Gasteiger partial charge in [0.1, 0.15) is 17.5 Å². The molecular weight excluding hydrogens is 366 g/mol. The molecule has 1 heterocycles. The monoisotopic (exact) mass is 386 g/mol. The molecule has 0 saturated carbocycles. The van der Waals surface area contributed by atoms with Gasteiger partial charge < -0.3 is 4.74 Å². The van der Waals surface area contributed by atoms with Crippen molar-refractivity contribution in [1.29, 1.82) is 0 Å². The molecule has 0 unspecified atom stereocenters. The average Bonchev–Trinajstić information content (AvgIpc) is 2.92. The zero-order valence-corrected chi connectivity index (χ0v) is 15.6. The second-order valence-corrected chi connectivity index (χ2v) is 6.40. The van der Waals surface area contributed by atoms with Crippen molar-refractivity contribution in [3.63, 3.8) is 0 Å². The number of amides is 1. The second kappa shape index (κ2) is 7.88. The molecule has 0 aromatic heterocycles. The van der Waals surface area contributed by atoms with Crippen molar-refractivity contribution in [2.45, 2.75) is 25.8 Å². The van der Waals surface area contributed by atoms with Crippen molar-refractivity contribution >= 4 is 17.7 Å². The van der Waals surface area contributed by atoms with Crippen LogP contribution >= 0.6 is 0 Å². The number of amidine groups is 1. The normalized spacial score (nSPS) is 15.5. The Labute approximate surface area is 161 Å². The Morgan fingerprint density at radius 3 is 2.00 bits per heavy atom. The van der Waals surface area contributed by atoms with Gasteiger partial charge in [-0.2, -0.15) is 0 Å². The van der Waals surface area contributed by atoms with Gasteiger partial charge in [0.15, 0.2) is 5.54 Å². The van der Waals surface area contributed by atoms with Gasteiger partial charge in [0.25, 0.3) is 5.91 Å². The molecule has 0 radical (unpaired) electrons. The van der Waals surface area contributed by atoms with Crippen molar-refractivity contribution in [3.05, 3.63) is 71.3 Å². The lowest BCUT2D eigenvalue weighted by molar-refractivity contribution is -0.143. The zero-order chi connectivity index (χ0) is 20.3. The van der Waals surface area contributed by atoms with E-state index in [1.54, 1.807) is 13.8 Å². The van der Waals surface area contributed by atoms with Gasteiger partial charge in [0, 0.05) is 6.54 Å². The highest BCUT2D eigenvalue weighted by atomic mass is 19.1. The van der Waals surface area contributed by atoms with E-state index < -0.39 is 23.1 Å². The molecule has 5 nitrogen and oxygen atoms in total. The number of ether oxygens (including phenoxy) is 1. The van der Waals surface area contributed by atoms with Crippen molar-refractivity contribution in [2.24, 2.45) is 4.99 Å². The highest BCUT2D eigenvalue weighted by Crippen LogP contribution is 2.40. The molecule has 0 bridgehead atoms. The molecule has 7 heteroatoms. The summed E-state index contributed by atoms with van der Waals surface area (Å²) in [5.74, 6) is -1.26. The van der Waals surface area contributed by atoms with Gasteiger partial charge in [0.05, 0.1) is 13.0 Å². The van der Waals surface area contributed by atoms with E-state index in [2.05, 4.69) is 4.99 Å². The predicted molar refractivity (Wildman–Crippen MR) is 99.7 cm³/mol. The van der Waals surface area contributed by atoms with E-state index in [1.165, 1.54) is 53.4 Å². The lowest BCUT2D eigenvalue weighted by Gasteiger charge is -2.27. The predicted octanol–water partition coefficient (Wildman–Crippen LogP) is 3.42. The summed E-state index contributed by atoms with van der Waals surface area (Å²) in [7, 11) is 0. The number of esters is 1. The van der Waals surface area contributed by atoms with Crippen LogP contribution in [0.2, 0.25) is 0 Å². The quantitative estimate of drug-likeness (QED) is 0.715. The van der Waals surface area contributed by atoms with E-state index in [-0.39, 0.29) is 25.5 Å². The average molecular weight is 386 g/mol. The van der Waals surface area contributed by atoms with Crippen LogP contribution in [0.3, 0.4) is 0 Å². The number of benzene rings is 2. The lowest BCUT2D eigenvalue weighted by atomic mass is 9.82. The fraction of sp³-hybridized carbons (Fsp3) is 0.286. The van der Waals surface area contributed by atoms with Crippen molar-refractivity contribution in [3.8, 4) is 0 Å². The van der Waals surface area contributed by atoms with Crippen LogP contribution in [0.1, 0.15) is 31.4 Å². The van der Waals surface area contributed by atoms with Gasteiger partial charge in [-0.25, -0.2) is 13.8 Å². The summed E-state index contributed by atoms with van der Waals surface area (Å²) in [4.78, 5) is 31.2. The van der Waals surface area contributed by atoms with Crippen LogP contribution in [-0.4, -0.2) is 35.8 Å². The van der Waals surface area contributed by atoms with Crippen LogP contribution in [0.15, 0.2) is 53.5 Å². The maximum Gasteiger partial charge on any atom is 0.307 e. The number of halogens is 2. The highest BCUT2D eigenvalue weighted by Gasteiger charge is 2.49. The molecule has 0 spiro atoms. The molecule has 146 valence electrons. The molecule has 0 atom stereocenters. The topological polar surface area (TPSA) is 59.0 Å². The van der Waals surface area contributed by atoms with Crippen molar-refractivity contribution in [1.82, 2.24) is 4.90 Å². The van der Waals surface area contributed by atoms with Crippen molar-refractivity contribution in [2.75, 3.05) is 13.2 Å². The van der Waals surface area contributed by atoms with Crippen LogP contribution in [-0.2, 0) is 19.9 Å².